The van der Waals surface area contributed by atoms with Crippen molar-refractivity contribution in [3.8, 4) is 0 Å². The van der Waals surface area contributed by atoms with Crippen molar-refractivity contribution >= 4 is 0 Å². The van der Waals surface area contributed by atoms with Crippen LogP contribution in [0.3, 0.4) is 0 Å². The number of rotatable bonds is 6. The van der Waals surface area contributed by atoms with E-state index in [0.29, 0.717) is 16.9 Å². The number of ether oxygens (including phenoxy) is 3. The van der Waals surface area contributed by atoms with Crippen molar-refractivity contribution in [1.29, 1.82) is 0 Å². The lowest BCUT2D eigenvalue weighted by Crippen LogP contribution is -2.61. The fourth-order valence-electron chi connectivity index (χ4n) is 9.57. The lowest BCUT2D eigenvalue weighted by molar-refractivity contribution is -0.185. The van der Waals surface area contributed by atoms with Gasteiger partial charge in [0, 0.05) is 22.2 Å². The van der Waals surface area contributed by atoms with Crippen molar-refractivity contribution in [2.75, 3.05) is 0 Å². The Morgan fingerprint density at radius 2 is 0.763 bits per heavy atom. The molecule has 0 aromatic carbocycles. The maximum absolute atomic E-state index is 7.13. The third kappa shape index (κ3) is 8.18. The van der Waals surface area contributed by atoms with E-state index >= 15 is 0 Å². The van der Waals surface area contributed by atoms with Gasteiger partial charge in [0.15, 0.2) is 0 Å². The maximum atomic E-state index is 7.13. The minimum Gasteiger partial charge on any atom is -0.372 e. The Balaban J connectivity index is 1.52. The standard InChI is InChI=1S/C33H62N2O3/c1-28(2)15-22(16-29(3,4)21-28)36-25-13-14-26(37-23-17-30(5,6)34-31(7,8)18-23)27(25)38-24-19-32(9,10)35-33(11,12)20-24/h22-27,34-35H,13-21H2,1-12H3. The second-order valence-electron chi connectivity index (χ2n) is 17.9. The summed E-state index contributed by atoms with van der Waals surface area (Å²) in [6.45, 7) is 28.1. The summed E-state index contributed by atoms with van der Waals surface area (Å²) in [5.41, 5.74) is 0.870. The normalized spacial score (nSPS) is 36.8. The highest BCUT2D eigenvalue weighted by Crippen LogP contribution is 2.48. The summed E-state index contributed by atoms with van der Waals surface area (Å²) in [6, 6.07) is 0. The fraction of sp³-hybridized carbons (Fsp3) is 1.00. The molecule has 2 N–H and O–H groups in total. The van der Waals surface area contributed by atoms with Crippen LogP contribution < -0.4 is 10.6 Å². The molecule has 5 nitrogen and oxygen atoms in total. The molecule has 0 radical (unpaired) electrons. The molecule has 2 heterocycles. The van der Waals surface area contributed by atoms with Crippen molar-refractivity contribution in [1.82, 2.24) is 10.6 Å². The van der Waals surface area contributed by atoms with Crippen LogP contribution in [0.15, 0.2) is 0 Å². The molecule has 38 heavy (non-hydrogen) atoms. The summed E-state index contributed by atoms with van der Waals surface area (Å²) in [7, 11) is 0. The largest absolute Gasteiger partial charge is 0.372 e. The van der Waals surface area contributed by atoms with Gasteiger partial charge in [0.1, 0.15) is 6.10 Å². The van der Waals surface area contributed by atoms with Crippen molar-refractivity contribution in [2.45, 2.75) is 200 Å². The van der Waals surface area contributed by atoms with E-state index in [0.717, 1.165) is 51.4 Å². The number of hydrogen-bond donors (Lipinski definition) is 2. The average Bonchev–Trinajstić information content (AvgIpc) is 2.94. The van der Waals surface area contributed by atoms with E-state index in [1.165, 1.54) is 6.42 Å². The van der Waals surface area contributed by atoms with Crippen molar-refractivity contribution in [3.63, 3.8) is 0 Å². The Morgan fingerprint density at radius 1 is 0.447 bits per heavy atom. The molecule has 0 aromatic heterocycles. The fourth-order valence-corrected chi connectivity index (χ4v) is 9.57. The molecule has 222 valence electrons. The number of hydrogen-bond acceptors (Lipinski definition) is 5. The zero-order valence-corrected chi connectivity index (χ0v) is 27.1. The van der Waals surface area contributed by atoms with Crippen LogP contribution in [0.2, 0.25) is 0 Å². The average molecular weight is 535 g/mol. The summed E-state index contributed by atoms with van der Waals surface area (Å²) < 4.78 is 21.2. The van der Waals surface area contributed by atoms with Crippen molar-refractivity contribution in [3.05, 3.63) is 0 Å². The molecule has 2 aliphatic carbocycles. The minimum absolute atomic E-state index is 0.000962. The molecule has 3 atom stereocenters. The quantitative estimate of drug-likeness (QED) is 0.379. The predicted octanol–water partition coefficient (Wildman–Crippen LogP) is 7.16. The van der Waals surface area contributed by atoms with Gasteiger partial charge in [-0.15, -0.1) is 0 Å². The van der Waals surface area contributed by atoms with Crippen LogP contribution in [0, 0.1) is 10.8 Å². The van der Waals surface area contributed by atoms with Gasteiger partial charge >= 0.3 is 0 Å². The molecule has 0 spiro atoms. The Morgan fingerprint density at radius 3 is 1.13 bits per heavy atom. The molecule has 4 aliphatic rings. The molecule has 2 saturated heterocycles. The van der Waals surface area contributed by atoms with Gasteiger partial charge in [-0.05, 0) is 124 Å². The van der Waals surface area contributed by atoms with Gasteiger partial charge < -0.3 is 24.8 Å². The van der Waals surface area contributed by atoms with Crippen molar-refractivity contribution in [2.24, 2.45) is 10.8 Å². The Kier molecular flexibility index (Phi) is 8.30. The number of piperidine rings is 2. The first-order valence-corrected chi connectivity index (χ1v) is 15.7. The lowest BCUT2D eigenvalue weighted by Gasteiger charge is -2.49. The van der Waals surface area contributed by atoms with Gasteiger partial charge in [-0.1, -0.05) is 27.7 Å². The third-order valence-electron chi connectivity index (χ3n) is 9.38. The first-order valence-electron chi connectivity index (χ1n) is 15.7. The molecule has 4 rings (SSSR count). The van der Waals surface area contributed by atoms with E-state index in [4.69, 9.17) is 14.2 Å². The summed E-state index contributed by atoms with van der Waals surface area (Å²) in [4.78, 5) is 0. The van der Waals surface area contributed by atoms with Crippen LogP contribution in [-0.4, -0.2) is 58.8 Å². The Hall–Kier alpha value is -0.200. The Labute approximate surface area is 235 Å². The van der Waals surface area contributed by atoms with Gasteiger partial charge in [-0.3, -0.25) is 0 Å². The zero-order valence-electron chi connectivity index (χ0n) is 27.1. The summed E-state index contributed by atoms with van der Waals surface area (Å²) >= 11 is 0. The molecule has 2 saturated carbocycles. The molecular formula is C33H62N2O3. The Bertz CT molecular complexity index is 734. The first kappa shape index (κ1) is 30.8. The van der Waals surface area contributed by atoms with Crippen LogP contribution in [0.5, 0.6) is 0 Å². The SMILES string of the molecule is CC1(C)CC(OC2CCC(OC3CC(C)(C)NC(C)(C)C3)C2OC2CC(C)(C)NC(C)(C)C2)CC(C)(C)C1. The first-order chi connectivity index (χ1) is 17.1. The monoisotopic (exact) mass is 534 g/mol. The van der Waals surface area contributed by atoms with Crippen LogP contribution in [0.4, 0.5) is 0 Å². The minimum atomic E-state index is -0.000962. The highest BCUT2D eigenvalue weighted by molar-refractivity contribution is 5.02. The van der Waals surface area contributed by atoms with E-state index < -0.39 is 0 Å². The lowest BCUT2D eigenvalue weighted by atomic mass is 9.64. The topological polar surface area (TPSA) is 51.8 Å². The summed E-state index contributed by atoms with van der Waals surface area (Å²) in [5, 5.41) is 7.64. The summed E-state index contributed by atoms with van der Waals surface area (Å²) in [6.07, 6.45) is 10.6. The van der Waals surface area contributed by atoms with Gasteiger partial charge in [0.05, 0.1) is 30.5 Å². The third-order valence-corrected chi connectivity index (χ3v) is 9.38. The molecule has 0 bridgehead atoms. The van der Waals surface area contributed by atoms with Crippen molar-refractivity contribution < 1.29 is 14.2 Å². The zero-order chi connectivity index (χ0) is 28.4. The van der Waals surface area contributed by atoms with E-state index in [1.807, 2.05) is 0 Å². The predicted molar refractivity (Wildman–Crippen MR) is 158 cm³/mol. The maximum Gasteiger partial charge on any atom is 0.110 e. The highest BCUT2D eigenvalue weighted by atomic mass is 16.6. The van der Waals surface area contributed by atoms with E-state index in [9.17, 15) is 0 Å². The molecule has 0 aromatic rings. The van der Waals surface area contributed by atoms with Crippen LogP contribution in [0.25, 0.3) is 0 Å². The molecule has 0 amide bonds. The number of nitrogens with one attached hydrogen (secondary N) is 2. The molecule has 3 unspecified atom stereocenters. The van der Waals surface area contributed by atoms with Gasteiger partial charge in [0.2, 0.25) is 0 Å². The molecular weight excluding hydrogens is 472 g/mol. The van der Waals surface area contributed by atoms with E-state index in [2.05, 4.69) is 93.7 Å². The van der Waals surface area contributed by atoms with Crippen LogP contribution in [-0.2, 0) is 14.2 Å². The van der Waals surface area contributed by atoms with Gasteiger partial charge in [0.25, 0.3) is 0 Å². The van der Waals surface area contributed by atoms with E-state index in [-0.39, 0.29) is 52.7 Å². The summed E-state index contributed by atoms with van der Waals surface area (Å²) in [5.74, 6) is 0. The highest BCUT2D eigenvalue weighted by Gasteiger charge is 2.48. The smallest absolute Gasteiger partial charge is 0.110 e. The molecule has 2 aliphatic heterocycles. The van der Waals surface area contributed by atoms with Gasteiger partial charge in [-0.2, -0.15) is 0 Å². The van der Waals surface area contributed by atoms with Crippen LogP contribution >= 0.6 is 0 Å². The van der Waals surface area contributed by atoms with Gasteiger partial charge in [-0.25, -0.2) is 0 Å². The van der Waals surface area contributed by atoms with E-state index in [1.54, 1.807) is 0 Å². The second-order valence-corrected chi connectivity index (χ2v) is 17.9. The second kappa shape index (κ2) is 10.3. The van der Waals surface area contributed by atoms with Crippen LogP contribution in [0.1, 0.15) is 141 Å². The molecule has 5 heteroatoms. The molecule has 4 fully saturated rings.